The first kappa shape index (κ1) is 24.4. The summed E-state index contributed by atoms with van der Waals surface area (Å²) in [6, 6.07) is -0.249. The normalized spacial score (nSPS) is 30.9. The summed E-state index contributed by atoms with van der Waals surface area (Å²) in [5.41, 5.74) is -1.22. The Morgan fingerprint density at radius 3 is 2.26 bits per heavy atom. The predicted molar refractivity (Wildman–Crippen MR) is 99.7 cm³/mol. The molecule has 4 atom stereocenters. The number of halogens is 3. The van der Waals surface area contributed by atoms with Crippen LogP contribution in [-0.4, -0.2) is 102 Å². The van der Waals surface area contributed by atoms with Crippen molar-refractivity contribution in [3.63, 3.8) is 0 Å². The van der Waals surface area contributed by atoms with Gasteiger partial charge in [0, 0.05) is 27.2 Å². The van der Waals surface area contributed by atoms with Crippen molar-refractivity contribution in [2.75, 3.05) is 34.3 Å². The van der Waals surface area contributed by atoms with Gasteiger partial charge in [-0.15, -0.1) is 0 Å². The molecule has 0 aliphatic carbocycles. The quantitative estimate of drug-likeness (QED) is 0.478. The molecule has 10 nitrogen and oxygen atoms in total. The Bertz CT molecular complexity index is 817. The average molecular weight is 450 g/mol. The Hall–Kier alpha value is -2.86. The highest BCUT2D eigenvalue weighted by Crippen LogP contribution is 2.51. The number of ether oxygens (including phenoxy) is 1. The van der Waals surface area contributed by atoms with Crippen LogP contribution in [-0.2, 0) is 23.9 Å². The number of methoxy groups -OCH3 is 1. The number of carboxylic acid groups (broad SMARTS) is 1. The van der Waals surface area contributed by atoms with Crippen molar-refractivity contribution in [2.24, 2.45) is 16.8 Å². The van der Waals surface area contributed by atoms with Gasteiger partial charge in [0.25, 0.3) is 0 Å². The first-order valence-corrected chi connectivity index (χ1v) is 9.49. The maximum Gasteiger partial charge on any atom is 0.490 e. The molecule has 0 unspecified atom stereocenters. The lowest BCUT2D eigenvalue weighted by molar-refractivity contribution is -0.192. The van der Waals surface area contributed by atoms with Crippen LogP contribution in [0, 0.1) is 11.8 Å². The number of rotatable bonds is 3. The van der Waals surface area contributed by atoms with E-state index in [4.69, 9.17) is 14.6 Å². The Labute approximate surface area is 176 Å². The number of esters is 1. The smallest absolute Gasteiger partial charge is 0.475 e. The van der Waals surface area contributed by atoms with Crippen molar-refractivity contribution in [3.8, 4) is 0 Å². The Morgan fingerprint density at radius 2 is 1.81 bits per heavy atom. The number of imide groups is 1. The highest BCUT2D eigenvalue weighted by Gasteiger charge is 2.72. The molecule has 174 valence electrons. The molecule has 0 aromatic heterocycles. The monoisotopic (exact) mass is 450 g/mol. The van der Waals surface area contributed by atoms with Crippen LogP contribution < -0.4 is 0 Å². The number of carbonyl (C=O) groups excluding carboxylic acids is 3. The second kappa shape index (κ2) is 8.35. The molecule has 0 bridgehead atoms. The minimum atomic E-state index is -5.08. The van der Waals surface area contributed by atoms with Crippen molar-refractivity contribution < 1.29 is 42.2 Å². The number of fused-ring (bicyclic) bond motifs is 3. The topological polar surface area (TPSA) is 120 Å². The fourth-order valence-electron chi connectivity index (χ4n) is 4.41. The fourth-order valence-corrected chi connectivity index (χ4v) is 4.41. The van der Waals surface area contributed by atoms with Crippen LogP contribution in [0.15, 0.2) is 4.99 Å². The SMILES string of the molecule is CCCN=C1N(C)C[C@@H]2[C@@H]3C(=O)N(C)C(=O)[C@@H]3[C@](C)(C(=O)OC)N12.O=C(O)C(F)(F)F. The lowest BCUT2D eigenvalue weighted by atomic mass is 9.81. The number of amides is 2. The van der Waals surface area contributed by atoms with Gasteiger partial charge in [0.1, 0.15) is 0 Å². The number of likely N-dealkylation sites (N-methyl/N-ethyl adjacent to an activating group) is 1. The van der Waals surface area contributed by atoms with Crippen molar-refractivity contribution in [1.82, 2.24) is 14.7 Å². The number of guanidine groups is 1. The predicted octanol–water partition coefficient (Wildman–Crippen LogP) is 0.178. The standard InChI is InChI=1S/C16H24N4O4.C2HF3O2/c1-6-7-17-15-18(3)8-9-10-11(13(22)19(4)12(10)21)16(2,20(9)15)14(23)24-5;3-2(4,5)1(6)7/h9-11H,6-8H2,1-5H3;(H,6,7)/t9-,10+,11-,16-;/m1./s1. The molecule has 13 heteroatoms. The Morgan fingerprint density at radius 1 is 1.26 bits per heavy atom. The first-order chi connectivity index (χ1) is 14.2. The van der Waals surface area contributed by atoms with Crippen LogP contribution in [0.4, 0.5) is 13.2 Å². The van der Waals surface area contributed by atoms with Crippen molar-refractivity contribution in [3.05, 3.63) is 0 Å². The van der Waals surface area contributed by atoms with Crippen LogP contribution in [0.5, 0.6) is 0 Å². The van der Waals surface area contributed by atoms with Crippen LogP contribution in [0.2, 0.25) is 0 Å². The number of aliphatic carboxylic acids is 1. The summed E-state index contributed by atoms with van der Waals surface area (Å²) in [4.78, 5) is 56.5. The van der Waals surface area contributed by atoms with Gasteiger partial charge in [-0.2, -0.15) is 13.2 Å². The molecular formula is C18H25F3N4O6. The minimum Gasteiger partial charge on any atom is -0.475 e. The molecule has 3 rings (SSSR count). The largest absolute Gasteiger partial charge is 0.490 e. The second-order valence-corrected chi connectivity index (χ2v) is 7.68. The van der Waals surface area contributed by atoms with Crippen molar-refractivity contribution in [1.29, 1.82) is 0 Å². The Balaban J connectivity index is 0.000000423. The second-order valence-electron chi connectivity index (χ2n) is 7.68. The first-order valence-electron chi connectivity index (χ1n) is 9.49. The lowest BCUT2D eigenvalue weighted by Crippen LogP contribution is -2.58. The maximum absolute atomic E-state index is 12.7. The highest BCUT2D eigenvalue weighted by molar-refractivity contribution is 6.11. The van der Waals surface area contributed by atoms with E-state index in [-0.39, 0.29) is 17.9 Å². The molecule has 1 N–H and O–H groups in total. The van der Waals surface area contributed by atoms with E-state index in [1.54, 1.807) is 6.92 Å². The van der Waals surface area contributed by atoms with E-state index in [1.807, 2.05) is 23.8 Å². The molecule has 0 aromatic rings. The number of carbonyl (C=O) groups is 4. The van der Waals surface area contributed by atoms with Gasteiger partial charge in [0.05, 0.1) is 25.0 Å². The number of likely N-dealkylation sites (tertiary alicyclic amines) is 1. The zero-order valence-corrected chi connectivity index (χ0v) is 17.8. The van der Waals surface area contributed by atoms with E-state index >= 15 is 0 Å². The molecule has 0 saturated carbocycles. The molecule has 3 heterocycles. The summed E-state index contributed by atoms with van der Waals surface area (Å²) in [5, 5.41) is 7.12. The van der Waals surface area contributed by atoms with Crippen LogP contribution in [0.3, 0.4) is 0 Å². The Kier molecular flexibility index (Phi) is 6.57. The van der Waals surface area contributed by atoms with Gasteiger partial charge in [0.2, 0.25) is 11.8 Å². The molecule has 3 aliphatic rings. The van der Waals surface area contributed by atoms with Gasteiger partial charge < -0.3 is 19.6 Å². The number of carboxylic acids is 1. The zero-order valence-electron chi connectivity index (χ0n) is 17.8. The van der Waals surface area contributed by atoms with E-state index in [9.17, 15) is 27.6 Å². The third kappa shape index (κ3) is 3.81. The van der Waals surface area contributed by atoms with E-state index in [1.165, 1.54) is 14.2 Å². The molecule has 31 heavy (non-hydrogen) atoms. The van der Waals surface area contributed by atoms with Crippen molar-refractivity contribution in [2.45, 2.75) is 38.0 Å². The molecular weight excluding hydrogens is 425 g/mol. The lowest BCUT2D eigenvalue weighted by Gasteiger charge is -2.37. The summed E-state index contributed by atoms with van der Waals surface area (Å²) < 4.78 is 36.8. The van der Waals surface area contributed by atoms with Gasteiger partial charge in [-0.1, -0.05) is 6.92 Å². The molecule has 3 fully saturated rings. The average Bonchev–Trinajstić information content (AvgIpc) is 3.23. The third-order valence-corrected chi connectivity index (χ3v) is 5.76. The summed E-state index contributed by atoms with van der Waals surface area (Å²) in [6.07, 6.45) is -4.21. The summed E-state index contributed by atoms with van der Waals surface area (Å²) in [6.45, 7) is 4.90. The maximum atomic E-state index is 12.7. The molecule has 3 saturated heterocycles. The van der Waals surface area contributed by atoms with E-state index in [2.05, 4.69) is 4.99 Å². The third-order valence-electron chi connectivity index (χ3n) is 5.76. The fraction of sp³-hybridized carbons (Fsp3) is 0.722. The van der Waals surface area contributed by atoms with E-state index < -0.39 is 35.5 Å². The van der Waals surface area contributed by atoms with Gasteiger partial charge in [0.15, 0.2) is 11.5 Å². The molecule has 2 amide bonds. The zero-order chi connectivity index (χ0) is 23.9. The van der Waals surface area contributed by atoms with Crippen LogP contribution in [0.25, 0.3) is 0 Å². The number of nitrogens with zero attached hydrogens (tertiary/aromatic N) is 4. The molecule has 0 spiro atoms. The van der Waals surface area contributed by atoms with Gasteiger partial charge in [-0.3, -0.25) is 19.5 Å². The number of hydrogen-bond acceptors (Lipinski definition) is 6. The molecule has 0 aromatic carbocycles. The van der Waals surface area contributed by atoms with Crippen LogP contribution in [0.1, 0.15) is 20.3 Å². The molecule has 0 radical (unpaired) electrons. The number of alkyl halides is 3. The molecule has 3 aliphatic heterocycles. The number of aliphatic imine (C=N–C) groups is 1. The summed E-state index contributed by atoms with van der Waals surface area (Å²) in [7, 11) is 4.68. The van der Waals surface area contributed by atoms with Gasteiger partial charge >= 0.3 is 18.1 Å². The van der Waals surface area contributed by atoms with Crippen molar-refractivity contribution >= 4 is 29.7 Å². The van der Waals surface area contributed by atoms with Gasteiger partial charge in [-0.25, -0.2) is 9.59 Å². The van der Waals surface area contributed by atoms with Gasteiger partial charge in [-0.05, 0) is 13.3 Å². The highest BCUT2D eigenvalue weighted by atomic mass is 19.4. The van der Waals surface area contributed by atoms with E-state index in [0.29, 0.717) is 19.0 Å². The minimum absolute atomic E-state index is 0.224. The number of hydrogen-bond donors (Lipinski definition) is 1. The summed E-state index contributed by atoms with van der Waals surface area (Å²) in [5.74, 6) is -4.41. The van der Waals surface area contributed by atoms with E-state index in [0.717, 1.165) is 11.3 Å². The van der Waals surface area contributed by atoms with Crippen LogP contribution >= 0.6 is 0 Å². The summed E-state index contributed by atoms with van der Waals surface area (Å²) >= 11 is 0.